The molecule has 0 unspecified atom stereocenters. The maximum atomic E-state index is 14.3. The first kappa shape index (κ1) is 17.2. The second kappa shape index (κ2) is 6.73. The molecule has 6 heteroatoms. The van der Waals surface area contributed by atoms with Crippen LogP contribution in [0.25, 0.3) is 0 Å². The molecule has 24 heavy (non-hydrogen) atoms. The number of nitrogens with one attached hydrogen (secondary N) is 1. The number of carbonyl (C=O) groups is 1. The van der Waals surface area contributed by atoms with Crippen molar-refractivity contribution < 1.29 is 22.4 Å². The van der Waals surface area contributed by atoms with Crippen LogP contribution in [-0.2, 0) is 11.0 Å². The first-order valence-corrected chi connectivity index (χ1v) is 8.53. The highest BCUT2D eigenvalue weighted by Crippen LogP contribution is 2.43. The van der Waals surface area contributed by atoms with Gasteiger partial charge in [-0.2, -0.15) is 13.2 Å². The summed E-state index contributed by atoms with van der Waals surface area (Å²) in [6, 6.07) is 2.06. The molecule has 2 aliphatic rings. The summed E-state index contributed by atoms with van der Waals surface area (Å²) in [6.07, 6.45) is 1.97. The highest BCUT2D eigenvalue weighted by molar-refractivity contribution is 5.79. The molecule has 0 heterocycles. The number of hydrogen-bond donors (Lipinski definition) is 1. The quantitative estimate of drug-likeness (QED) is 0.767. The largest absolute Gasteiger partial charge is 0.416 e. The second-order valence-corrected chi connectivity index (χ2v) is 6.89. The van der Waals surface area contributed by atoms with E-state index in [2.05, 4.69) is 5.32 Å². The van der Waals surface area contributed by atoms with Crippen molar-refractivity contribution in [3.63, 3.8) is 0 Å². The molecule has 132 valence electrons. The number of halogens is 4. The summed E-state index contributed by atoms with van der Waals surface area (Å²) in [6.45, 7) is 0. The van der Waals surface area contributed by atoms with Crippen molar-refractivity contribution in [3.05, 3.63) is 35.1 Å². The molecule has 2 aliphatic carbocycles. The molecule has 0 aromatic heterocycles. The van der Waals surface area contributed by atoms with Gasteiger partial charge in [-0.25, -0.2) is 4.39 Å². The van der Waals surface area contributed by atoms with Gasteiger partial charge in [-0.1, -0.05) is 25.3 Å². The molecule has 0 radical (unpaired) electrons. The van der Waals surface area contributed by atoms with Crippen molar-refractivity contribution in [1.29, 1.82) is 0 Å². The highest BCUT2D eigenvalue weighted by Gasteiger charge is 2.37. The molecular formula is C18H21F4NO. The fraction of sp³-hybridized carbons (Fsp3) is 0.611. The van der Waals surface area contributed by atoms with Crippen LogP contribution >= 0.6 is 0 Å². The Morgan fingerprint density at radius 1 is 1.08 bits per heavy atom. The van der Waals surface area contributed by atoms with Crippen LogP contribution < -0.4 is 5.32 Å². The van der Waals surface area contributed by atoms with E-state index in [1.54, 1.807) is 0 Å². The number of alkyl halides is 3. The van der Waals surface area contributed by atoms with Crippen molar-refractivity contribution in [2.24, 2.45) is 11.8 Å². The van der Waals surface area contributed by atoms with Crippen LogP contribution in [0.1, 0.15) is 62.1 Å². The average Bonchev–Trinajstić information content (AvgIpc) is 3.37. The summed E-state index contributed by atoms with van der Waals surface area (Å²) in [7, 11) is 0. The van der Waals surface area contributed by atoms with Crippen LogP contribution in [0.5, 0.6) is 0 Å². The Hall–Kier alpha value is -1.59. The minimum Gasteiger partial charge on any atom is -0.349 e. The Morgan fingerprint density at radius 2 is 1.75 bits per heavy atom. The monoisotopic (exact) mass is 343 g/mol. The Balaban J connectivity index is 1.77. The lowest BCUT2D eigenvalue weighted by Crippen LogP contribution is -2.36. The molecule has 0 saturated heterocycles. The lowest BCUT2D eigenvalue weighted by molar-refractivity contribution is -0.137. The van der Waals surface area contributed by atoms with E-state index in [1.807, 2.05) is 0 Å². The van der Waals surface area contributed by atoms with Crippen LogP contribution in [0.2, 0.25) is 0 Å². The highest BCUT2D eigenvalue weighted by atomic mass is 19.4. The van der Waals surface area contributed by atoms with Gasteiger partial charge in [0.2, 0.25) is 5.91 Å². The molecule has 3 rings (SSSR count). The predicted octanol–water partition coefficient (Wildman–Crippen LogP) is 4.99. The molecule has 1 amide bonds. The fourth-order valence-corrected chi connectivity index (χ4v) is 3.47. The number of benzene rings is 1. The van der Waals surface area contributed by atoms with E-state index in [9.17, 15) is 22.4 Å². The van der Waals surface area contributed by atoms with Gasteiger partial charge in [0.05, 0.1) is 11.6 Å². The van der Waals surface area contributed by atoms with Gasteiger partial charge in [0.15, 0.2) is 0 Å². The van der Waals surface area contributed by atoms with Gasteiger partial charge in [-0.05, 0) is 43.7 Å². The molecule has 1 aromatic carbocycles. The summed E-state index contributed by atoms with van der Waals surface area (Å²) in [5.74, 6) is -0.933. The molecule has 2 nitrogen and oxygen atoms in total. The molecular weight excluding hydrogens is 322 g/mol. The Bertz CT molecular complexity index is 604. The van der Waals surface area contributed by atoms with Crippen LogP contribution in [0, 0.1) is 17.7 Å². The van der Waals surface area contributed by atoms with E-state index in [1.165, 1.54) is 6.07 Å². The zero-order valence-corrected chi connectivity index (χ0v) is 13.3. The maximum absolute atomic E-state index is 14.3. The van der Waals surface area contributed by atoms with Crippen LogP contribution in [0.3, 0.4) is 0 Å². The fourth-order valence-electron chi connectivity index (χ4n) is 3.47. The van der Waals surface area contributed by atoms with Gasteiger partial charge in [0.1, 0.15) is 5.82 Å². The molecule has 1 aromatic rings. The van der Waals surface area contributed by atoms with Gasteiger partial charge in [-0.15, -0.1) is 0 Å². The van der Waals surface area contributed by atoms with E-state index in [0.717, 1.165) is 51.0 Å². The number of rotatable bonds is 4. The number of carbonyl (C=O) groups excluding carboxylic acids is 1. The summed E-state index contributed by atoms with van der Waals surface area (Å²) >= 11 is 0. The average molecular weight is 343 g/mol. The van der Waals surface area contributed by atoms with E-state index in [-0.39, 0.29) is 23.3 Å². The summed E-state index contributed by atoms with van der Waals surface area (Å²) < 4.78 is 52.3. The lowest BCUT2D eigenvalue weighted by atomic mass is 9.88. The van der Waals surface area contributed by atoms with E-state index >= 15 is 0 Å². The van der Waals surface area contributed by atoms with E-state index in [0.29, 0.717) is 6.07 Å². The Kier molecular flexibility index (Phi) is 4.83. The summed E-state index contributed by atoms with van der Waals surface area (Å²) in [5, 5.41) is 2.90. The summed E-state index contributed by atoms with van der Waals surface area (Å²) in [4.78, 5) is 12.4. The molecule has 0 bridgehead atoms. The van der Waals surface area contributed by atoms with Crippen LogP contribution in [-0.4, -0.2) is 5.91 Å². The Morgan fingerprint density at radius 3 is 2.29 bits per heavy atom. The molecule has 1 atom stereocenters. The van der Waals surface area contributed by atoms with Crippen LogP contribution in [0.4, 0.5) is 17.6 Å². The first-order chi connectivity index (χ1) is 11.4. The minimum absolute atomic E-state index is 0.0579. The number of hydrogen-bond acceptors (Lipinski definition) is 1. The first-order valence-electron chi connectivity index (χ1n) is 8.53. The van der Waals surface area contributed by atoms with Gasteiger partial charge in [0, 0.05) is 11.5 Å². The van der Waals surface area contributed by atoms with E-state index in [4.69, 9.17) is 0 Å². The topological polar surface area (TPSA) is 29.1 Å². The predicted molar refractivity (Wildman–Crippen MR) is 81.6 cm³/mol. The normalized spacial score (nSPS) is 20.7. The van der Waals surface area contributed by atoms with Gasteiger partial charge < -0.3 is 5.32 Å². The van der Waals surface area contributed by atoms with Crippen molar-refractivity contribution in [2.75, 3.05) is 0 Å². The lowest BCUT2D eigenvalue weighted by Gasteiger charge is -2.25. The van der Waals surface area contributed by atoms with E-state index < -0.39 is 23.6 Å². The SMILES string of the molecule is O=C(N[C@@H](c1ccc(C(F)(F)F)cc1F)C1CC1)C1CCCCC1. The summed E-state index contributed by atoms with van der Waals surface area (Å²) in [5.41, 5.74) is -0.841. The van der Waals surface area contributed by atoms with Crippen molar-refractivity contribution in [1.82, 2.24) is 5.32 Å². The third-order valence-corrected chi connectivity index (χ3v) is 5.03. The van der Waals surface area contributed by atoms with Crippen molar-refractivity contribution in [3.8, 4) is 0 Å². The Labute approximate surface area is 138 Å². The second-order valence-electron chi connectivity index (χ2n) is 6.89. The molecule has 0 spiro atoms. The third kappa shape index (κ3) is 3.90. The molecule has 1 N–H and O–H groups in total. The van der Waals surface area contributed by atoms with Gasteiger partial charge >= 0.3 is 6.18 Å². The van der Waals surface area contributed by atoms with Crippen molar-refractivity contribution >= 4 is 5.91 Å². The molecule has 2 fully saturated rings. The molecule has 0 aliphatic heterocycles. The standard InChI is InChI=1S/C18H21F4NO/c19-15-10-13(18(20,21)22)8-9-14(15)16(11-6-7-11)23-17(24)12-4-2-1-3-5-12/h8-12,16H,1-7H2,(H,23,24)/t16-/m1/s1. The van der Waals surface area contributed by atoms with Gasteiger partial charge in [-0.3, -0.25) is 4.79 Å². The third-order valence-electron chi connectivity index (χ3n) is 5.03. The van der Waals surface area contributed by atoms with Crippen LogP contribution in [0.15, 0.2) is 18.2 Å². The van der Waals surface area contributed by atoms with Crippen molar-refractivity contribution in [2.45, 2.75) is 57.2 Å². The molecule has 2 saturated carbocycles. The minimum atomic E-state index is -4.57. The maximum Gasteiger partial charge on any atom is 0.416 e. The zero-order chi connectivity index (χ0) is 17.3. The smallest absolute Gasteiger partial charge is 0.349 e. The van der Waals surface area contributed by atoms with Gasteiger partial charge in [0.25, 0.3) is 0 Å². The number of amides is 1. The zero-order valence-electron chi connectivity index (χ0n) is 13.3.